The molecule has 5 heteroatoms. The number of hydrogen-bond acceptors (Lipinski definition) is 2. The van der Waals surface area contributed by atoms with E-state index in [0.717, 1.165) is 17.0 Å². The first-order chi connectivity index (χ1) is 9.94. The van der Waals surface area contributed by atoms with Crippen LogP contribution in [0, 0.1) is 0 Å². The van der Waals surface area contributed by atoms with E-state index in [1.54, 1.807) is 18.2 Å². The first-order valence-corrected chi connectivity index (χ1v) is 7.20. The second-order valence-corrected chi connectivity index (χ2v) is 5.64. The first kappa shape index (κ1) is 15.8. The van der Waals surface area contributed by atoms with Gasteiger partial charge in [-0.3, -0.25) is 0 Å². The van der Waals surface area contributed by atoms with E-state index in [1.165, 1.54) is 0 Å². The van der Waals surface area contributed by atoms with E-state index in [0.29, 0.717) is 18.1 Å². The quantitative estimate of drug-likeness (QED) is 0.719. The highest BCUT2D eigenvalue weighted by molar-refractivity contribution is 9.10. The molecule has 112 valence electrons. The Hall–Kier alpha value is -1.62. The fourth-order valence-corrected chi connectivity index (χ4v) is 1.99. The summed E-state index contributed by atoms with van der Waals surface area (Å²) in [5.74, 6) is -2.16. The number of halogens is 3. The molecule has 2 rings (SSSR count). The van der Waals surface area contributed by atoms with Crippen LogP contribution in [0.25, 0.3) is 0 Å². The fraction of sp³-hybridized carbons (Fsp3) is 0.250. The third-order valence-corrected chi connectivity index (χ3v) is 3.12. The zero-order valence-electron chi connectivity index (χ0n) is 11.5. The van der Waals surface area contributed by atoms with Crippen LogP contribution in [0.5, 0.6) is 11.5 Å². The van der Waals surface area contributed by atoms with Crippen LogP contribution in [0.2, 0.25) is 0 Å². The molecule has 0 fully saturated rings. The Morgan fingerprint density at radius 1 is 1.00 bits per heavy atom. The second kappa shape index (κ2) is 6.89. The van der Waals surface area contributed by atoms with Crippen LogP contribution in [0.1, 0.15) is 12.5 Å². The standard InChI is InChI=1S/C16H15BrF2O2/c1-16(18,19)11-21-14-8-7-13(17)9-15(14)20-10-12-5-3-2-4-6-12/h2-9H,10-11H2,1H3. The van der Waals surface area contributed by atoms with E-state index in [9.17, 15) is 8.78 Å². The van der Waals surface area contributed by atoms with Gasteiger partial charge < -0.3 is 9.47 Å². The van der Waals surface area contributed by atoms with Crippen molar-refractivity contribution in [3.8, 4) is 11.5 Å². The number of alkyl halides is 2. The van der Waals surface area contributed by atoms with Gasteiger partial charge in [0.15, 0.2) is 18.1 Å². The molecule has 0 aliphatic rings. The van der Waals surface area contributed by atoms with Gasteiger partial charge in [-0.25, -0.2) is 8.78 Å². The van der Waals surface area contributed by atoms with Gasteiger partial charge in [-0.2, -0.15) is 0 Å². The molecule has 0 spiro atoms. The maximum absolute atomic E-state index is 12.9. The molecule has 0 atom stereocenters. The summed E-state index contributed by atoms with van der Waals surface area (Å²) in [5, 5.41) is 0. The van der Waals surface area contributed by atoms with Crippen molar-refractivity contribution in [3.63, 3.8) is 0 Å². The van der Waals surface area contributed by atoms with Gasteiger partial charge in [0.05, 0.1) is 0 Å². The fourth-order valence-electron chi connectivity index (χ4n) is 1.65. The lowest BCUT2D eigenvalue weighted by Crippen LogP contribution is -2.21. The molecule has 21 heavy (non-hydrogen) atoms. The van der Waals surface area contributed by atoms with Crippen molar-refractivity contribution in [3.05, 3.63) is 58.6 Å². The molecule has 0 N–H and O–H groups in total. The summed E-state index contributed by atoms with van der Waals surface area (Å²) >= 11 is 3.33. The third kappa shape index (κ3) is 5.34. The third-order valence-electron chi connectivity index (χ3n) is 2.62. The molecule has 0 aliphatic heterocycles. The molecule has 0 aromatic heterocycles. The van der Waals surface area contributed by atoms with Crippen molar-refractivity contribution in [2.75, 3.05) is 6.61 Å². The van der Waals surface area contributed by atoms with E-state index in [2.05, 4.69) is 15.9 Å². The molecule has 0 bridgehead atoms. The van der Waals surface area contributed by atoms with Gasteiger partial charge in [-0.05, 0) is 23.8 Å². The summed E-state index contributed by atoms with van der Waals surface area (Å²) in [6.45, 7) is 0.475. The maximum atomic E-state index is 12.9. The van der Waals surface area contributed by atoms with Gasteiger partial charge in [0.1, 0.15) is 6.61 Å². The summed E-state index contributed by atoms with van der Waals surface area (Å²) in [5.41, 5.74) is 0.990. The Morgan fingerprint density at radius 2 is 1.71 bits per heavy atom. The second-order valence-electron chi connectivity index (χ2n) is 4.72. The van der Waals surface area contributed by atoms with Crippen molar-refractivity contribution >= 4 is 15.9 Å². The summed E-state index contributed by atoms with van der Waals surface area (Å²) in [6, 6.07) is 14.6. The lowest BCUT2D eigenvalue weighted by Gasteiger charge is -2.16. The molecule has 0 heterocycles. The maximum Gasteiger partial charge on any atom is 0.278 e. The van der Waals surface area contributed by atoms with Gasteiger partial charge >= 0.3 is 0 Å². The van der Waals surface area contributed by atoms with E-state index in [4.69, 9.17) is 9.47 Å². The molecular weight excluding hydrogens is 342 g/mol. The molecule has 0 unspecified atom stereocenters. The number of ether oxygens (including phenoxy) is 2. The van der Waals surface area contributed by atoms with Gasteiger partial charge in [0.25, 0.3) is 5.92 Å². The van der Waals surface area contributed by atoms with E-state index in [1.807, 2.05) is 30.3 Å². The largest absolute Gasteiger partial charge is 0.485 e. The van der Waals surface area contributed by atoms with Gasteiger partial charge in [-0.15, -0.1) is 0 Å². The highest BCUT2D eigenvalue weighted by Crippen LogP contribution is 2.32. The van der Waals surface area contributed by atoms with E-state index >= 15 is 0 Å². The monoisotopic (exact) mass is 356 g/mol. The van der Waals surface area contributed by atoms with Crippen LogP contribution < -0.4 is 9.47 Å². The summed E-state index contributed by atoms with van der Waals surface area (Å²) in [7, 11) is 0. The van der Waals surface area contributed by atoms with Crippen molar-refractivity contribution in [1.29, 1.82) is 0 Å². The smallest absolute Gasteiger partial charge is 0.278 e. The molecule has 0 saturated carbocycles. The van der Waals surface area contributed by atoms with Crippen molar-refractivity contribution in [2.45, 2.75) is 19.5 Å². The Kier molecular flexibility index (Phi) is 5.17. The van der Waals surface area contributed by atoms with E-state index < -0.39 is 12.5 Å². The predicted octanol–water partition coefficient (Wildman–Crippen LogP) is 5.06. The Bertz CT molecular complexity index is 583. The van der Waals surface area contributed by atoms with Gasteiger partial charge in [0.2, 0.25) is 0 Å². The Balaban J connectivity index is 2.08. The molecule has 0 amide bonds. The van der Waals surface area contributed by atoms with Crippen molar-refractivity contribution in [1.82, 2.24) is 0 Å². The zero-order chi connectivity index (χ0) is 15.3. The summed E-state index contributed by atoms with van der Waals surface area (Å²) in [6.07, 6.45) is 0. The number of benzene rings is 2. The van der Waals surface area contributed by atoms with E-state index in [-0.39, 0.29) is 0 Å². The minimum absolute atomic E-state index is 0.302. The van der Waals surface area contributed by atoms with Gasteiger partial charge in [-0.1, -0.05) is 46.3 Å². The van der Waals surface area contributed by atoms with Crippen LogP contribution in [0.4, 0.5) is 8.78 Å². The molecule has 0 saturated heterocycles. The molecule has 2 nitrogen and oxygen atoms in total. The number of rotatable bonds is 6. The average molecular weight is 357 g/mol. The minimum atomic E-state index is -2.89. The highest BCUT2D eigenvalue weighted by atomic mass is 79.9. The topological polar surface area (TPSA) is 18.5 Å². The summed E-state index contributed by atoms with van der Waals surface area (Å²) < 4.78 is 37.4. The SMILES string of the molecule is CC(F)(F)COc1ccc(Br)cc1OCc1ccccc1. The van der Waals surface area contributed by atoms with Crippen LogP contribution in [-0.2, 0) is 6.61 Å². The predicted molar refractivity (Wildman–Crippen MR) is 81.0 cm³/mol. The Morgan fingerprint density at radius 3 is 2.38 bits per heavy atom. The number of hydrogen-bond donors (Lipinski definition) is 0. The normalized spacial score (nSPS) is 11.2. The molecule has 2 aromatic carbocycles. The van der Waals surface area contributed by atoms with Crippen molar-refractivity contribution < 1.29 is 18.3 Å². The average Bonchev–Trinajstić information content (AvgIpc) is 2.44. The Labute approximate surface area is 130 Å². The molecule has 2 aromatic rings. The van der Waals surface area contributed by atoms with Crippen LogP contribution >= 0.6 is 15.9 Å². The minimum Gasteiger partial charge on any atom is -0.485 e. The van der Waals surface area contributed by atoms with Crippen LogP contribution in [0.3, 0.4) is 0 Å². The molecular formula is C16H15BrF2O2. The van der Waals surface area contributed by atoms with Gasteiger partial charge in [0, 0.05) is 11.4 Å². The lowest BCUT2D eigenvalue weighted by molar-refractivity contribution is -0.0237. The first-order valence-electron chi connectivity index (χ1n) is 6.41. The van der Waals surface area contributed by atoms with Crippen LogP contribution in [0.15, 0.2) is 53.0 Å². The lowest BCUT2D eigenvalue weighted by atomic mass is 10.2. The van der Waals surface area contributed by atoms with Crippen molar-refractivity contribution in [2.24, 2.45) is 0 Å². The molecule has 0 radical (unpaired) electrons. The zero-order valence-corrected chi connectivity index (χ0v) is 13.1. The molecule has 0 aliphatic carbocycles. The van der Waals surface area contributed by atoms with Crippen LogP contribution in [-0.4, -0.2) is 12.5 Å². The highest BCUT2D eigenvalue weighted by Gasteiger charge is 2.23. The summed E-state index contributed by atoms with van der Waals surface area (Å²) in [4.78, 5) is 0.